The Morgan fingerprint density at radius 1 is 0.750 bits per heavy atom. The first-order valence-electron chi connectivity index (χ1n) is 4.67. The van der Waals surface area contributed by atoms with E-state index in [0.717, 1.165) is 5.54 Å². The fourth-order valence-electron chi connectivity index (χ4n) is 1.78. The molecule has 0 saturated heterocycles. The van der Waals surface area contributed by atoms with Crippen LogP contribution in [0.25, 0.3) is 0 Å². The molecule has 1 aliphatic carbocycles. The topological polar surface area (TPSA) is 0 Å². The highest BCUT2D eigenvalue weighted by Crippen LogP contribution is 2.47. The molecule has 0 aromatic carbocycles. The zero-order chi connectivity index (χ0) is 9.03. The maximum atomic E-state index is 2.74. The van der Waals surface area contributed by atoms with Gasteiger partial charge in [-0.2, -0.15) is 0 Å². The predicted octanol–water partition coefficient (Wildman–Crippen LogP) is 5.34. The third-order valence-electron chi connectivity index (χ3n) is 2.57. The number of hydrogen-bond donors (Lipinski definition) is 0. The van der Waals surface area contributed by atoms with E-state index in [1.54, 1.807) is 0 Å². The summed E-state index contributed by atoms with van der Waals surface area (Å²) in [5, 5.41) is 0. The Labute approximate surface area is 115 Å². The van der Waals surface area contributed by atoms with Crippen LogP contribution in [0.3, 0.4) is 0 Å². The molecule has 0 unspecified atom stereocenters. The quantitative estimate of drug-likeness (QED) is 0.249. The fourth-order valence-corrected chi connectivity index (χ4v) is 8.45. The first kappa shape index (κ1) is 12.5. The molecule has 0 aliphatic heterocycles. The van der Waals surface area contributed by atoms with Crippen molar-refractivity contribution in [2.45, 2.75) is 50.5 Å². The molecule has 1 aliphatic rings. The van der Waals surface area contributed by atoms with E-state index in [1.165, 1.54) is 44.9 Å². The maximum absolute atomic E-state index is 2.74. The Hall–Kier alpha value is 2.41. The maximum Gasteiger partial charge on any atom is 0.256 e. The summed E-state index contributed by atoms with van der Waals surface area (Å²) in [6.07, 6.45) is 10.5. The average Bonchev–Trinajstić information content (AvgIpc) is 1.81. The highest BCUT2D eigenvalue weighted by atomic mass is 127. The van der Waals surface area contributed by atoms with Gasteiger partial charge in [0.2, 0.25) is 0 Å². The molecule has 0 bridgehead atoms. The summed E-state index contributed by atoms with van der Waals surface area (Å²) < 4.78 is -0.901. The van der Waals surface area contributed by atoms with Crippen LogP contribution in [0.2, 0.25) is 5.54 Å². The lowest BCUT2D eigenvalue weighted by Gasteiger charge is -2.25. The van der Waals surface area contributed by atoms with Crippen LogP contribution >= 0.6 is 65.4 Å². The lowest BCUT2D eigenvalue weighted by atomic mass is 10.0. The standard InChI is InChI=1S/C8H15I3Si/c9-12(10,11)8-6-4-2-1-3-5-7-8/h8H,1-7H2. The fraction of sp³-hybridized carbons (Fsp3) is 1.00. The van der Waals surface area contributed by atoms with Crippen molar-refractivity contribution in [3.8, 4) is 0 Å². The SMILES string of the molecule is I[Si](I)(I)C1CCCCCCC1. The minimum atomic E-state index is -0.901. The van der Waals surface area contributed by atoms with Crippen molar-refractivity contribution in [3.63, 3.8) is 0 Å². The van der Waals surface area contributed by atoms with Gasteiger partial charge in [0.25, 0.3) is 0.564 Å². The molecule has 72 valence electrons. The van der Waals surface area contributed by atoms with Gasteiger partial charge in [-0.25, -0.2) is 0 Å². The van der Waals surface area contributed by atoms with E-state index >= 15 is 0 Å². The molecule has 0 spiro atoms. The van der Waals surface area contributed by atoms with Crippen LogP contribution in [0.15, 0.2) is 0 Å². The van der Waals surface area contributed by atoms with Gasteiger partial charge in [-0.15, -0.1) is 0 Å². The van der Waals surface area contributed by atoms with Crippen molar-refractivity contribution in [1.29, 1.82) is 0 Å². The molecule has 0 heterocycles. The molecule has 1 fully saturated rings. The van der Waals surface area contributed by atoms with E-state index < -0.39 is 0.564 Å². The zero-order valence-electron chi connectivity index (χ0n) is 7.16. The Kier molecular flexibility index (Phi) is 6.33. The summed E-state index contributed by atoms with van der Waals surface area (Å²) in [5.74, 6) is 0. The summed E-state index contributed by atoms with van der Waals surface area (Å²) in [5.41, 5.74) is 1.08. The second-order valence-electron chi connectivity index (χ2n) is 3.58. The van der Waals surface area contributed by atoms with E-state index in [0.29, 0.717) is 0 Å². The van der Waals surface area contributed by atoms with Crippen LogP contribution in [0, 0.1) is 0 Å². The monoisotopic (exact) mass is 520 g/mol. The van der Waals surface area contributed by atoms with Gasteiger partial charge in [-0.3, -0.25) is 0 Å². The van der Waals surface area contributed by atoms with Gasteiger partial charge in [0, 0.05) is 0 Å². The first-order chi connectivity index (χ1) is 5.61. The molecule has 0 amide bonds. The first-order valence-corrected chi connectivity index (χ1v) is 16.1. The molecule has 0 atom stereocenters. The van der Waals surface area contributed by atoms with Gasteiger partial charge in [0.05, 0.1) is 0 Å². The molecule has 0 aromatic heterocycles. The summed E-state index contributed by atoms with van der Waals surface area (Å²) in [4.78, 5) is 0. The molecule has 0 N–H and O–H groups in total. The third kappa shape index (κ3) is 4.76. The molecule has 0 nitrogen and oxygen atoms in total. The summed E-state index contributed by atoms with van der Waals surface area (Å²) in [6.45, 7) is 0. The molecule has 0 aromatic rings. The molecular weight excluding hydrogens is 505 g/mol. The average molecular weight is 520 g/mol. The van der Waals surface area contributed by atoms with Gasteiger partial charge in [-0.1, -0.05) is 110 Å². The Morgan fingerprint density at radius 3 is 1.58 bits per heavy atom. The summed E-state index contributed by atoms with van der Waals surface area (Å²) in [6, 6.07) is 0. The van der Waals surface area contributed by atoms with Crippen LogP contribution < -0.4 is 0 Å². The van der Waals surface area contributed by atoms with Crippen LogP contribution in [-0.2, 0) is 0 Å². The number of rotatable bonds is 1. The van der Waals surface area contributed by atoms with Crippen LogP contribution in [-0.4, -0.2) is 0.564 Å². The second kappa shape index (κ2) is 6.09. The van der Waals surface area contributed by atoms with Crippen LogP contribution in [0.1, 0.15) is 44.9 Å². The minimum Gasteiger partial charge on any atom is -0.0907 e. The summed E-state index contributed by atoms with van der Waals surface area (Å²) in [7, 11) is 0. The number of halogens is 3. The molecule has 12 heavy (non-hydrogen) atoms. The van der Waals surface area contributed by atoms with E-state index in [4.69, 9.17) is 0 Å². The van der Waals surface area contributed by atoms with Gasteiger partial charge in [0.15, 0.2) is 0 Å². The van der Waals surface area contributed by atoms with Crippen molar-refractivity contribution >= 4 is 66.0 Å². The van der Waals surface area contributed by atoms with Gasteiger partial charge >= 0.3 is 0 Å². The third-order valence-corrected chi connectivity index (χ3v) is 12.0. The molecule has 4 heteroatoms. The number of hydrogen-bond acceptors (Lipinski definition) is 0. The lowest BCUT2D eigenvalue weighted by Crippen LogP contribution is -2.18. The molecule has 0 radical (unpaired) electrons. The summed E-state index contributed by atoms with van der Waals surface area (Å²) >= 11 is 8.21. The van der Waals surface area contributed by atoms with Gasteiger partial charge in [-0.05, 0) is 5.54 Å². The predicted molar refractivity (Wildman–Crippen MR) is 83.9 cm³/mol. The Morgan fingerprint density at radius 2 is 1.17 bits per heavy atom. The van der Waals surface area contributed by atoms with Crippen molar-refractivity contribution in [3.05, 3.63) is 0 Å². The van der Waals surface area contributed by atoms with Crippen LogP contribution in [0.5, 0.6) is 0 Å². The molecule has 1 saturated carbocycles. The second-order valence-corrected chi connectivity index (χ2v) is 39.4. The molecular formula is C8H15I3Si. The largest absolute Gasteiger partial charge is 0.256 e. The van der Waals surface area contributed by atoms with Crippen molar-refractivity contribution in [2.75, 3.05) is 0 Å². The zero-order valence-corrected chi connectivity index (χ0v) is 14.6. The normalized spacial score (nSPS) is 23.2. The minimum absolute atomic E-state index is 0.901. The van der Waals surface area contributed by atoms with E-state index in [1.807, 2.05) is 0 Å². The Balaban J connectivity index is 2.40. The van der Waals surface area contributed by atoms with Crippen molar-refractivity contribution in [1.82, 2.24) is 0 Å². The molecule has 1 rings (SSSR count). The van der Waals surface area contributed by atoms with Gasteiger partial charge in [0.1, 0.15) is 0 Å². The van der Waals surface area contributed by atoms with Crippen molar-refractivity contribution in [2.24, 2.45) is 0 Å². The smallest absolute Gasteiger partial charge is 0.0907 e. The van der Waals surface area contributed by atoms with Gasteiger partial charge < -0.3 is 0 Å². The Bertz CT molecular complexity index is 125. The van der Waals surface area contributed by atoms with Crippen LogP contribution in [0.4, 0.5) is 0 Å². The van der Waals surface area contributed by atoms with E-state index in [-0.39, 0.29) is 0 Å². The van der Waals surface area contributed by atoms with Crippen molar-refractivity contribution < 1.29 is 0 Å². The van der Waals surface area contributed by atoms with E-state index in [2.05, 4.69) is 65.4 Å². The lowest BCUT2D eigenvalue weighted by molar-refractivity contribution is 0.503. The van der Waals surface area contributed by atoms with E-state index in [9.17, 15) is 0 Å². The highest BCUT2D eigenvalue weighted by Gasteiger charge is 2.33. The highest BCUT2D eigenvalue weighted by molar-refractivity contribution is 14.4.